The molecule has 5 rings (SSSR count). The summed E-state index contributed by atoms with van der Waals surface area (Å²) < 4.78 is 21.0. The summed E-state index contributed by atoms with van der Waals surface area (Å²) in [5, 5.41) is 9.61. The lowest BCUT2D eigenvalue weighted by Crippen LogP contribution is -2.42. The SMILES string of the molecule is O=C(CSc1nnc(C2CC2)n1Cc1ccco1)N(Cc1ccc(F)cc1)C1CCCCC1. The Morgan fingerprint density at radius 2 is 1.88 bits per heavy atom. The Bertz CT molecular complexity index is 1060. The molecule has 2 aliphatic rings. The van der Waals surface area contributed by atoms with Crippen LogP contribution in [0.5, 0.6) is 0 Å². The summed E-state index contributed by atoms with van der Waals surface area (Å²) in [4.78, 5) is 15.4. The molecular weight excluding hydrogens is 439 g/mol. The number of amides is 1. The second-order valence-corrected chi connectivity index (χ2v) is 9.95. The Kier molecular flexibility index (Phi) is 6.80. The van der Waals surface area contributed by atoms with Crippen molar-refractivity contribution in [2.75, 3.05) is 5.75 Å². The number of benzene rings is 1. The fourth-order valence-electron chi connectivity index (χ4n) is 4.57. The van der Waals surface area contributed by atoms with Crippen LogP contribution >= 0.6 is 11.8 Å². The number of hydrogen-bond acceptors (Lipinski definition) is 5. The van der Waals surface area contributed by atoms with Gasteiger partial charge in [-0.05, 0) is 55.5 Å². The van der Waals surface area contributed by atoms with E-state index in [4.69, 9.17) is 4.42 Å². The molecule has 2 aromatic heterocycles. The zero-order chi connectivity index (χ0) is 22.6. The van der Waals surface area contributed by atoms with Gasteiger partial charge in [-0.2, -0.15) is 0 Å². The van der Waals surface area contributed by atoms with Crippen molar-refractivity contribution < 1.29 is 13.6 Å². The van der Waals surface area contributed by atoms with E-state index in [1.165, 1.54) is 30.3 Å². The Hall–Kier alpha value is -2.61. The predicted molar refractivity (Wildman–Crippen MR) is 124 cm³/mol. The zero-order valence-corrected chi connectivity index (χ0v) is 19.5. The number of nitrogens with zero attached hydrogens (tertiary/aromatic N) is 4. The molecule has 0 unspecified atom stereocenters. The maximum atomic E-state index is 13.4. The molecule has 6 nitrogen and oxygen atoms in total. The van der Waals surface area contributed by atoms with E-state index in [0.29, 0.717) is 24.8 Å². The number of aromatic nitrogens is 3. The summed E-state index contributed by atoms with van der Waals surface area (Å²) in [7, 11) is 0. The molecule has 8 heteroatoms. The van der Waals surface area contributed by atoms with Gasteiger partial charge >= 0.3 is 0 Å². The second kappa shape index (κ2) is 10.1. The average Bonchev–Trinajstić information content (AvgIpc) is 3.40. The summed E-state index contributed by atoms with van der Waals surface area (Å²) in [5.41, 5.74) is 0.956. The normalized spacial score (nSPS) is 16.8. The summed E-state index contributed by atoms with van der Waals surface area (Å²) >= 11 is 1.44. The van der Waals surface area contributed by atoms with Crippen molar-refractivity contribution in [3.8, 4) is 0 Å². The Morgan fingerprint density at radius 3 is 2.58 bits per heavy atom. The molecule has 174 valence electrons. The van der Waals surface area contributed by atoms with Crippen molar-refractivity contribution in [2.24, 2.45) is 0 Å². The first kappa shape index (κ1) is 22.2. The molecular formula is C25H29FN4O2S. The van der Waals surface area contributed by atoms with Gasteiger partial charge in [0.1, 0.15) is 17.4 Å². The minimum absolute atomic E-state index is 0.0942. The number of furan rings is 1. The van der Waals surface area contributed by atoms with Crippen molar-refractivity contribution >= 4 is 17.7 Å². The highest BCUT2D eigenvalue weighted by Gasteiger charge is 2.31. The fraction of sp³-hybridized carbons (Fsp3) is 0.480. The largest absolute Gasteiger partial charge is 0.467 e. The van der Waals surface area contributed by atoms with Gasteiger partial charge in [0.15, 0.2) is 5.16 Å². The lowest BCUT2D eigenvalue weighted by Gasteiger charge is -2.34. The van der Waals surface area contributed by atoms with Crippen LogP contribution in [0.1, 0.15) is 68.0 Å². The van der Waals surface area contributed by atoms with Crippen LogP contribution in [-0.4, -0.2) is 37.4 Å². The number of thioether (sulfide) groups is 1. The Labute approximate surface area is 197 Å². The highest BCUT2D eigenvalue weighted by atomic mass is 32.2. The van der Waals surface area contributed by atoms with E-state index in [-0.39, 0.29) is 17.8 Å². The van der Waals surface area contributed by atoms with Crippen molar-refractivity contribution in [1.82, 2.24) is 19.7 Å². The Balaban J connectivity index is 1.30. The van der Waals surface area contributed by atoms with Gasteiger partial charge in [0.05, 0.1) is 18.6 Å². The molecule has 2 heterocycles. The van der Waals surface area contributed by atoms with Crippen LogP contribution in [0.25, 0.3) is 0 Å². The predicted octanol–water partition coefficient (Wildman–Crippen LogP) is 5.39. The van der Waals surface area contributed by atoms with E-state index in [1.807, 2.05) is 17.0 Å². The van der Waals surface area contributed by atoms with Crippen LogP contribution in [0.2, 0.25) is 0 Å². The monoisotopic (exact) mass is 468 g/mol. The van der Waals surface area contributed by atoms with E-state index < -0.39 is 0 Å². The van der Waals surface area contributed by atoms with E-state index in [9.17, 15) is 9.18 Å². The van der Waals surface area contributed by atoms with Crippen LogP contribution in [0.3, 0.4) is 0 Å². The third-order valence-electron chi connectivity index (χ3n) is 6.51. The molecule has 0 saturated heterocycles. The molecule has 3 aromatic rings. The zero-order valence-electron chi connectivity index (χ0n) is 18.7. The quantitative estimate of drug-likeness (QED) is 0.394. The van der Waals surface area contributed by atoms with Gasteiger partial charge in [-0.25, -0.2) is 4.39 Å². The van der Waals surface area contributed by atoms with Gasteiger partial charge in [-0.15, -0.1) is 10.2 Å². The smallest absolute Gasteiger partial charge is 0.233 e. The molecule has 2 saturated carbocycles. The van der Waals surface area contributed by atoms with Crippen molar-refractivity contribution in [1.29, 1.82) is 0 Å². The van der Waals surface area contributed by atoms with Crippen molar-refractivity contribution in [2.45, 2.75) is 75.2 Å². The van der Waals surface area contributed by atoms with Gasteiger partial charge in [0, 0.05) is 18.5 Å². The summed E-state index contributed by atoms with van der Waals surface area (Å²) in [6.45, 7) is 1.08. The van der Waals surface area contributed by atoms with E-state index in [0.717, 1.165) is 60.8 Å². The molecule has 2 aliphatic carbocycles. The molecule has 1 aromatic carbocycles. The number of rotatable bonds is 9. The third kappa shape index (κ3) is 5.49. The maximum absolute atomic E-state index is 13.4. The molecule has 0 spiro atoms. The minimum atomic E-state index is -0.257. The van der Waals surface area contributed by atoms with Gasteiger partial charge in [-0.1, -0.05) is 43.2 Å². The molecule has 0 aliphatic heterocycles. The first-order valence-electron chi connectivity index (χ1n) is 11.8. The van der Waals surface area contributed by atoms with Crippen LogP contribution in [0.15, 0.2) is 52.2 Å². The van der Waals surface area contributed by atoms with Crippen LogP contribution in [0.4, 0.5) is 4.39 Å². The Morgan fingerprint density at radius 1 is 1.09 bits per heavy atom. The van der Waals surface area contributed by atoms with Gasteiger partial charge in [0.2, 0.25) is 5.91 Å². The fourth-order valence-corrected chi connectivity index (χ4v) is 5.40. The number of halogens is 1. The van der Waals surface area contributed by atoms with E-state index in [1.54, 1.807) is 18.4 Å². The second-order valence-electron chi connectivity index (χ2n) is 9.01. The molecule has 33 heavy (non-hydrogen) atoms. The first-order valence-corrected chi connectivity index (χ1v) is 12.8. The highest BCUT2D eigenvalue weighted by Crippen LogP contribution is 2.40. The summed E-state index contributed by atoms with van der Waals surface area (Å²) in [6, 6.07) is 10.5. The molecule has 0 bridgehead atoms. The molecule has 0 N–H and O–H groups in total. The number of hydrogen-bond donors (Lipinski definition) is 0. The van der Waals surface area contributed by atoms with Crippen molar-refractivity contribution in [3.05, 3.63) is 65.6 Å². The molecule has 2 fully saturated rings. The van der Waals surface area contributed by atoms with E-state index >= 15 is 0 Å². The van der Waals surface area contributed by atoms with Crippen LogP contribution < -0.4 is 0 Å². The highest BCUT2D eigenvalue weighted by molar-refractivity contribution is 7.99. The van der Waals surface area contributed by atoms with Crippen LogP contribution in [-0.2, 0) is 17.9 Å². The standard InChI is InChI=1S/C25H29FN4O2S/c26-20-12-8-18(9-13-20)15-29(21-5-2-1-3-6-21)23(31)17-33-25-28-27-24(19-10-11-19)30(25)16-22-7-4-14-32-22/h4,7-9,12-14,19,21H,1-3,5-6,10-11,15-17H2. The number of carbonyl (C=O) groups excluding carboxylic acids is 1. The van der Waals surface area contributed by atoms with Gasteiger partial charge in [0.25, 0.3) is 0 Å². The third-order valence-corrected chi connectivity index (χ3v) is 7.46. The molecule has 1 amide bonds. The molecule has 0 atom stereocenters. The van der Waals surface area contributed by atoms with Crippen LogP contribution in [0, 0.1) is 5.82 Å². The maximum Gasteiger partial charge on any atom is 0.233 e. The van der Waals surface area contributed by atoms with Gasteiger partial charge < -0.3 is 9.32 Å². The van der Waals surface area contributed by atoms with Gasteiger partial charge in [-0.3, -0.25) is 9.36 Å². The minimum Gasteiger partial charge on any atom is -0.467 e. The lowest BCUT2D eigenvalue weighted by molar-refractivity contribution is -0.132. The average molecular weight is 469 g/mol. The van der Waals surface area contributed by atoms with Crippen molar-refractivity contribution in [3.63, 3.8) is 0 Å². The number of carbonyl (C=O) groups is 1. The summed E-state index contributed by atoms with van der Waals surface area (Å²) in [6.07, 6.45) is 9.50. The topological polar surface area (TPSA) is 64.2 Å². The molecule has 0 radical (unpaired) electrons. The first-order chi connectivity index (χ1) is 16.2. The summed E-state index contributed by atoms with van der Waals surface area (Å²) in [5.74, 6) is 2.43. The lowest BCUT2D eigenvalue weighted by atomic mass is 9.94. The van der Waals surface area contributed by atoms with E-state index in [2.05, 4.69) is 14.8 Å².